The summed E-state index contributed by atoms with van der Waals surface area (Å²) >= 11 is 0. The van der Waals surface area contributed by atoms with E-state index in [4.69, 9.17) is 10.00 Å². The Morgan fingerprint density at radius 3 is 2.64 bits per heavy atom. The first-order valence-corrected chi connectivity index (χ1v) is 6.87. The number of benzene rings is 2. The summed E-state index contributed by atoms with van der Waals surface area (Å²) < 4.78 is 19.4. The standard InChI is InChI=1S/C18H13FN2O/c19-17-3-1-2-16-15(8-9-21-18(16)17)12-22-11-14-6-4-13(10-20)5-7-14/h1-9H,11-12H2. The van der Waals surface area contributed by atoms with E-state index in [0.29, 0.717) is 24.3 Å². The van der Waals surface area contributed by atoms with Gasteiger partial charge in [-0.2, -0.15) is 5.26 Å². The highest BCUT2D eigenvalue weighted by molar-refractivity contribution is 5.82. The lowest BCUT2D eigenvalue weighted by atomic mass is 10.1. The van der Waals surface area contributed by atoms with Crippen LogP contribution in [0.15, 0.2) is 54.7 Å². The number of aromatic nitrogens is 1. The van der Waals surface area contributed by atoms with Crippen molar-refractivity contribution in [3.8, 4) is 6.07 Å². The molecule has 1 aromatic heterocycles. The van der Waals surface area contributed by atoms with Crippen LogP contribution in [-0.2, 0) is 18.0 Å². The van der Waals surface area contributed by atoms with Crippen LogP contribution in [0.4, 0.5) is 4.39 Å². The number of pyridine rings is 1. The van der Waals surface area contributed by atoms with Crippen LogP contribution >= 0.6 is 0 Å². The molecule has 0 saturated heterocycles. The molecular weight excluding hydrogens is 279 g/mol. The van der Waals surface area contributed by atoms with Gasteiger partial charge in [0.05, 0.1) is 24.8 Å². The van der Waals surface area contributed by atoms with E-state index in [-0.39, 0.29) is 5.82 Å². The lowest BCUT2D eigenvalue weighted by molar-refractivity contribution is 0.108. The highest BCUT2D eigenvalue weighted by Crippen LogP contribution is 2.20. The molecule has 0 aliphatic rings. The third-order valence-corrected chi connectivity index (χ3v) is 3.42. The lowest BCUT2D eigenvalue weighted by Gasteiger charge is -2.08. The van der Waals surface area contributed by atoms with Crippen molar-refractivity contribution in [2.24, 2.45) is 0 Å². The number of ether oxygens (including phenoxy) is 1. The minimum atomic E-state index is -0.327. The van der Waals surface area contributed by atoms with E-state index in [2.05, 4.69) is 11.1 Å². The Kier molecular flexibility index (Phi) is 4.08. The van der Waals surface area contributed by atoms with Crippen LogP contribution in [0, 0.1) is 17.1 Å². The number of para-hydroxylation sites is 1. The van der Waals surface area contributed by atoms with Gasteiger partial charge in [0.25, 0.3) is 0 Å². The average Bonchev–Trinajstić information content (AvgIpc) is 2.56. The number of hydrogen-bond donors (Lipinski definition) is 0. The Bertz CT molecular complexity index is 838. The molecule has 0 radical (unpaired) electrons. The van der Waals surface area contributed by atoms with Crippen LogP contribution in [0.1, 0.15) is 16.7 Å². The molecule has 3 nitrogen and oxygen atoms in total. The third kappa shape index (κ3) is 2.95. The van der Waals surface area contributed by atoms with E-state index in [1.165, 1.54) is 6.07 Å². The first-order valence-electron chi connectivity index (χ1n) is 6.87. The van der Waals surface area contributed by atoms with Crippen molar-refractivity contribution in [3.63, 3.8) is 0 Å². The summed E-state index contributed by atoms with van der Waals surface area (Å²) in [7, 11) is 0. The molecule has 0 aliphatic carbocycles. The molecule has 3 rings (SSSR count). The summed E-state index contributed by atoms with van der Waals surface area (Å²) in [4.78, 5) is 4.07. The van der Waals surface area contributed by atoms with Gasteiger partial charge >= 0.3 is 0 Å². The number of nitrogens with zero attached hydrogens (tertiary/aromatic N) is 2. The van der Waals surface area contributed by atoms with Crippen LogP contribution in [0.25, 0.3) is 10.9 Å². The SMILES string of the molecule is N#Cc1ccc(COCc2ccnc3c(F)cccc23)cc1. The fourth-order valence-corrected chi connectivity index (χ4v) is 2.28. The Morgan fingerprint density at radius 2 is 1.86 bits per heavy atom. The molecule has 0 bridgehead atoms. The molecule has 4 heteroatoms. The topological polar surface area (TPSA) is 45.9 Å². The third-order valence-electron chi connectivity index (χ3n) is 3.42. The van der Waals surface area contributed by atoms with Crippen LogP contribution in [-0.4, -0.2) is 4.98 Å². The van der Waals surface area contributed by atoms with Gasteiger partial charge < -0.3 is 4.74 Å². The number of nitriles is 1. The van der Waals surface area contributed by atoms with Crippen molar-refractivity contribution < 1.29 is 9.13 Å². The fraction of sp³-hybridized carbons (Fsp3) is 0.111. The lowest BCUT2D eigenvalue weighted by Crippen LogP contribution is -1.97. The van der Waals surface area contributed by atoms with Gasteiger partial charge in [-0.05, 0) is 35.4 Å². The van der Waals surface area contributed by atoms with Gasteiger partial charge in [-0.15, -0.1) is 0 Å². The predicted octanol–water partition coefficient (Wildman–Crippen LogP) is 3.96. The first-order chi connectivity index (χ1) is 10.8. The molecule has 3 aromatic rings. The second-order valence-corrected chi connectivity index (χ2v) is 4.91. The quantitative estimate of drug-likeness (QED) is 0.731. The first kappa shape index (κ1) is 14.2. The van der Waals surface area contributed by atoms with E-state index in [0.717, 1.165) is 16.5 Å². The number of rotatable bonds is 4. The van der Waals surface area contributed by atoms with Gasteiger partial charge in [0.2, 0.25) is 0 Å². The van der Waals surface area contributed by atoms with Gasteiger partial charge in [0, 0.05) is 11.6 Å². The molecule has 0 unspecified atom stereocenters. The number of hydrogen-bond acceptors (Lipinski definition) is 3. The van der Waals surface area contributed by atoms with Crippen LogP contribution < -0.4 is 0 Å². The van der Waals surface area contributed by atoms with E-state index < -0.39 is 0 Å². The fourth-order valence-electron chi connectivity index (χ4n) is 2.28. The zero-order valence-electron chi connectivity index (χ0n) is 11.8. The number of fused-ring (bicyclic) bond motifs is 1. The Morgan fingerprint density at radius 1 is 1.05 bits per heavy atom. The molecule has 0 spiro atoms. The molecule has 108 valence electrons. The summed E-state index contributed by atoms with van der Waals surface area (Å²) in [5.74, 6) is -0.327. The zero-order valence-corrected chi connectivity index (χ0v) is 11.8. The summed E-state index contributed by atoms with van der Waals surface area (Å²) in [6.07, 6.45) is 1.59. The van der Waals surface area contributed by atoms with Crippen molar-refractivity contribution in [2.45, 2.75) is 13.2 Å². The van der Waals surface area contributed by atoms with E-state index in [9.17, 15) is 4.39 Å². The molecule has 22 heavy (non-hydrogen) atoms. The van der Waals surface area contributed by atoms with Crippen molar-refractivity contribution in [1.82, 2.24) is 4.98 Å². The maximum atomic E-state index is 13.7. The minimum absolute atomic E-state index is 0.327. The molecule has 1 heterocycles. The minimum Gasteiger partial charge on any atom is -0.372 e. The summed E-state index contributed by atoms with van der Waals surface area (Å²) in [6, 6.07) is 16.1. The smallest absolute Gasteiger partial charge is 0.149 e. The molecular formula is C18H13FN2O. The van der Waals surface area contributed by atoms with E-state index in [1.807, 2.05) is 24.3 Å². The largest absolute Gasteiger partial charge is 0.372 e. The Balaban J connectivity index is 1.71. The van der Waals surface area contributed by atoms with Crippen LogP contribution in [0.3, 0.4) is 0 Å². The summed E-state index contributed by atoms with van der Waals surface area (Å²) in [5.41, 5.74) is 2.88. The molecule has 0 atom stereocenters. The highest BCUT2D eigenvalue weighted by Gasteiger charge is 2.06. The van der Waals surface area contributed by atoms with Gasteiger partial charge in [-0.3, -0.25) is 4.98 Å². The molecule has 0 amide bonds. The second kappa shape index (κ2) is 6.33. The second-order valence-electron chi connectivity index (χ2n) is 4.91. The van der Waals surface area contributed by atoms with Gasteiger partial charge in [0.15, 0.2) is 0 Å². The van der Waals surface area contributed by atoms with Crippen LogP contribution in [0.2, 0.25) is 0 Å². The Labute approximate surface area is 127 Å². The van der Waals surface area contributed by atoms with Crippen molar-refractivity contribution in [1.29, 1.82) is 5.26 Å². The summed E-state index contributed by atoms with van der Waals surface area (Å²) in [6.45, 7) is 0.813. The van der Waals surface area contributed by atoms with E-state index in [1.54, 1.807) is 24.4 Å². The molecule has 2 aromatic carbocycles. The molecule has 0 N–H and O–H groups in total. The molecule has 0 aliphatic heterocycles. The predicted molar refractivity (Wildman–Crippen MR) is 81.4 cm³/mol. The van der Waals surface area contributed by atoms with Gasteiger partial charge in [-0.25, -0.2) is 4.39 Å². The number of halogens is 1. The average molecular weight is 292 g/mol. The Hall–Kier alpha value is -2.77. The summed E-state index contributed by atoms with van der Waals surface area (Å²) in [5, 5.41) is 9.52. The highest BCUT2D eigenvalue weighted by atomic mass is 19.1. The van der Waals surface area contributed by atoms with Crippen molar-refractivity contribution >= 4 is 10.9 Å². The van der Waals surface area contributed by atoms with E-state index >= 15 is 0 Å². The normalized spacial score (nSPS) is 10.5. The maximum absolute atomic E-state index is 13.7. The van der Waals surface area contributed by atoms with Crippen molar-refractivity contribution in [2.75, 3.05) is 0 Å². The monoisotopic (exact) mass is 292 g/mol. The van der Waals surface area contributed by atoms with Gasteiger partial charge in [-0.1, -0.05) is 24.3 Å². The molecule has 0 fully saturated rings. The van der Waals surface area contributed by atoms with Gasteiger partial charge in [0.1, 0.15) is 11.3 Å². The van der Waals surface area contributed by atoms with Crippen LogP contribution in [0.5, 0.6) is 0 Å². The molecule has 0 saturated carbocycles. The zero-order chi connectivity index (χ0) is 15.4. The maximum Gasteiger partial charge on any atom is 0.149 e. The van der Waals surface area contributed by atoms with Crippen molar-refractivity contribution in [3.05, 3.63) is 77.2 Å².